The minimum absolute atomic E-state index is 0.0357. The van der Waals surface area contributed by atoms with Crippen LogP contribution >= 0.6 is 0 Å². The molecule has 1 aliphatic rings. The molecule has 6 nitrogen and oxygen atoms in total. The molecule has 1 amide bonds. The van der Waals surface area contributed by atoms with E-state index in [-0.39, 0.29) is 24.2 Å². The second-order valence-corrected chi connectivity index (χ2v) is 4.75. The van der Waals surface area contributed by atoms with Crippen LogP contribution in [0.3, 0.4) is 0 Å². The number of aromatic amines is 1. The molecule has 1 aromatic heterocycles. The number of aromatic nitrogens is 1. The lowest BCUT2D eigenvalue weighted by Crippen LogP contribution is -2.37. The van der Waals surface area contributed by atoms with Gasteiger partial charge in [0.25, 0.3) is 5.91 Å². The Morgan fingerprint density at radius 2 is 2.21 bits per heavy atom. The Morgan fingerprint density at radius 3 is 2.79 bits per heavy atom. The highest BCUT2D eigenvalue weighted by molar-refractivity contribution is 5.99. The van der Waals surface area contributed by atoms with E-state index in [1.807, 2.05) is 0 Å². The summed E-state index contributed by atoms with van der Waals surface area (Å²) < 4.78 is 0. The van der Waals surface area contributed by atoms with Gasteiger partial charge in [0.15, 0.2) is 5.78 Å². The lowest BCUT2D eigenvalue weighted by Gasteiger charge is -2.22. The number of aliphatic carboxylic acids is 1. The number of Topliss-reactive ketones (excluding diaryl/α,β-unsaturated/α-hetero) is 1. The Bertz CT molecular complexity index is 520. The van der Waals surface area contributed by atoms with Gasteiger partial charge in [0, 0.05) is 24.3 Å². The molecule has 1 aromatic rings. The molecule has 2 N–H and O–H groups in total. The first kappa shape index (κ1) is 13.3. The van der Waals surface area contributed by atoms with Gasteiger partial charge >= 0.3 is 5.97 Å². The summed E-state index contributed by atoms with van der Waals surface area (Å²) in [5.41, 5.74) is 0.792. The van der Waals surface area contributed by atoms with Gasteiger partial charge in [-0.25, -0.2) is 0 Å². The van der Waals surface area contributed by atoms with Crippen LogP contribution in [0.5, 0.6) is 0 Å². The van der Waals surface area contributed by atoms with E-state index >= 15 is 0 Å². The van der Waals surface area contributed by atoms with Gasteiger partial charge in [0.05, 0.1) is 6.42 Å². The summed E-state index contributed by atoms with van der Waals surface area (Å²) in [7, 11) is 0. The number of carbonyl (C=O) groups excluding carboxylic acids is 2. The van der Waals surface area contributed by atoms with Gasteiger partial charge in [-0.15, -0.1) is 0 Å². The Kier molecular flexibility index (Phi) is 3.69. The maximum atomic E-state index is 12.3. The van der Waals surface area contributed by atoms with Crippen LogP contribution in [-0.2, 0) is 4.79 Å². The number of hydrogen-bond acceptors (Lipinski definition) is 3. The zero-order valence-electron chi connectivity index (χ0n) is 10.7. The predicted molar refractivity (Wildman–Crippen MR) is 67.1 cm³/mol. The molecule has 1 atom stereocenters. The van der Waals surface area contributed by atoms with E-state index in [1.54, 1.807) is 4.90 Å². The molecule has 1 saturated heterocycles. The first-order valence-electron chi connectivity index (χ1n) is 6.21. The smallest absolute Gasteiger partial charge is 0.305 e. The number of rotatable bonds is 4. The summed E-state index contributed by atoms with van der Waals surface area (Å²) in [6.45, 7) is 1.99. The number of hydrogen-bond donors (Lipinski definition) is 2. The largest absolute Gasteiger partial charge is 0.481 e. The van der Waals surface area contributed by atoms with Crippen LogP contribution in [0, 0.1) is 0 Å². The molecule has 2 rings (SSSR count). The van der Waals surface area contributed by atoms with Crippen molar-refractivity contribution in [3.05, 3.63) is 23.5 Å². The fourth-order valence-electron chi connectivity index (χ4n) is 2.39. The minimum atomic E-state index is -0.902. The fraction of sp³-hybridized carbons (Fsp3) is 0.462. The number of H-pyrrole nitrogens is 1. The number of nitrogens with one attached hydrogen (secondary N) is 1. The average Bonchev–Trinajstić information content (AvgIpc) is 2.95. The van der Waals surface area contributed by atoms with Crippen LogP contribution in [0.4, 0.5) is 0 Å². The van der Waals surface area contributed by atoms with E-state index in [4.69, 9.17) is 5.11 Å². The van der Waals surface area contributed by atoms with E-state index in [1.165, 1.54) is 19.2 Å². The molecule has 1 unspecified atom stereocenters. The molecule has 0 saturated carbocycles. The molecule has 6 heteroatoms. The number of ketones is 1. The molecule has 0 bridgehead atoms. The van der Waals surface area contributed by atoms with E-state index in [0.717, 1.165) is 6.42 Å². The van der Waals surface area contributed by atoms with E-state index in [0.29, 0.717) is 24.2 Å². The highest BCUT2D eigenvalue weighted by Gasteiger charge is 2.31. The second kappa shape index (κ2) is 5.26. The monoisotopic (exact) mass is 264 g/mol. The van der Waals surface area contributed by atoms with Gasteiger partial charge in [-0.3, -0.25) is 14.4 Å². The van der Waals surface area contributed by atoms with Crippen LogP contribution in [-0.4, -0.2) is 45.2 Å². The molecule has 2 heterocycles. The van der Waals surface area contributed by atoms with Gasteiger partial charge < -0.3 is 15.0 Å². The predicted octanol–water partition coefficient (Wildman–Crippen LogP) is 1.30. The van der Waals surface area contributed by atoms with Gasteiger partial charge in [0.1, 0.15) is 5.69 Å². The minimum Gasteiger partial charge on any atom is -0.481 e. The lowest BCUT2D eigenvalue weighted by atomic mass is 10.1. The van der Waals surface area contributed by atoms with Crippen LogP contribution in [0.25, 0.3) is 0 Å². The Balaban J connectivity index is 2.13. The van der Waals surface area contributed by atoms with Crippen molar-refractivity contribution in [3.63, 3.8) is 0 Å². The number of nitrogens with zero attached hydrogens (tertiary/aromatic N) is 1. The normalized spacial score (nSPS) is 18.6. The fourth-order valence-corrected chi connectivity index (χ4v) is 2.39. The zero-order chi connectivity index (χ0) is 14.0. The van der Waals surface area contributed by atoms with Crippen LogP contribution in [0.1, 0.15) is 47.0 Å². The summed E-state index contributed by atoms with van der Waals surface area (Å²) in [5, 5.41) is 8.83. The van der Waals surface area contributed by atoms with Gasteiger partial charge in [-0.2, -0.15) is 0 Å². The topological polar surface area (TPSA) is 90.5 Å². The molecule has 19 heavy (non-hydrogen) atoms. The van der Waals surface area contributed by atoms with E-state index < -0.39 is 5.97 Å². The lowest BCUT2D eigenvalue weighted by molar-refractivity contribution is -0.137. The molecular weight excluding hydrogens is 248 g/mol. The molecular formula is C13H16N2O4. The summed E-state index contributed by atoms with van der Waals surface area (Å²) in [5.74, 6) is -1.25. The molecule has 0 radical (unpaired) electrons. The third kappa shape index (κ3) is 2.83. The van der Waals surface area contributed by atoms with Crippen LogP contribution < -0.4 is 0 Å². The maximum absolute atomic E-state index is 12.3. The van der Waals surface area contributed by atoms with Crippen molar-refractivity contribution < 1.29 is 19.5 Å². The molecule has 0 aliphatic carbocycles. The van der Waals surface area contributed by atoms with Gasteiger partial charge in [-0.1, -0.05) is 0 Å². The summed E-state index contributed by atoms with van der Waals surface area (Å²) in [4.78, 5) is 38.6. The molecule has 0 aromatic carbocycles. The third-order valence-corrected chi connectivity index (χ3v) is 3.37. The Morgan fingerprint density at radius 1 is 1.47 bits per heavy atom. The number of carbonyl (C=O) groups is 3. The van der Waals surface area contributed by atoms with Crippen molar-refractivity contribution in [2.45, 2.75) is 32.2 Å². The number of amides is 1. The van der Waals surface area contributed by atoms with Crippen LogP contribution in [0.2, 0.25) is 0 Å². The number of carboxylic acids is 1. The average molecular weight is 264 g/mol. The number of likely N-dealkylation sites (tertiary alicyclic amines) is 1. The zero-order valence-corrected chi connectivity index (χ0v) is 10.7. The van der Waals surface area contributed by atoms with Crippen molar-refractivity contribution in [2.24, 2.45) is 0 Å². The molecule has 1 aliphatic heterocycles. The quantitative estimate of drug-likeness (QED) is 0.802. The van der Waals surface area contributed by atoms with Crippen LogP contribution in [0.15, 0.2) is 12.3 Å². The maximum Gasteiger partial charge on any atom is 0.305 e. The first-order chi connectivity index (χ1) is 8.99. The number of carboxylic acid groups (broad SMARTS) is 1. The Labute approximate surface area is 110 Å². The van der Waals surface area contributed by atoms with Crippen molar-refractivity contribution in [2.75, 3.05) is 6.54 Å². The summed E-state index contributed by atoms with van der Waals surface area (Å²) in [6, 6.07) is 1.26. The highest BCUT2D eigenvalue weighted by Crippen LogP contribution is 2.22. The van der Waals surface area contributed by atoms with Gasteiger partial charge in [0.2, 0.25) is 0 Å². The second-order valence-electron chi connectivity index (χ2n) is 4.75. The highest BCUT2D eigenvalue weighted by atomic mass is 16.4. The third-order valence-electron chi connectivity index (χ3n) is 3.37. The van der Waals surface area contributed by atoms with Crippen molar-refractivity contribution in [3.8, 4) is 0 Å². The molecule has 1 fully saturated rings. The van der Waals surface area contributed by atoms with E-state index in [2.05, 4.69) is 4.98 Å². The molecule has 102 valence electrons. The summed E-state index contributed by atoms with van der Waals surface area (Å²) in [6.07, 6.45) is 2.98. The van der Waals surface area contributed by atoms with Crippen molar-refractivity contribution in [1.29, 1.82) is 0 Å². The van der Waals surface area contributed by atoms with Gasteiger partial charge in [-0.05, 0) is 25.8 Å². The van der Waals surface area contributed by atoms with Crippen molar-refractivity contribution >= 4 is 17.7 Å². The van der Waals surface area contributed by atoms with Crippen molar-refractivity contribution in [1.82, 2.24) is 9.88 Å². The first-order valence-corrected chi connectivity index (χ1v) is 6.21. The summed E-state index contributed by atoms with van der Waals surface area (Å²) >= 11 is 0. The standard InChI is InChI=1S/C13H16N2O4/c1-8(16)9-5-11(14-7-9)13(19)15-4-2-3-10(15)6-12(17)18/h5,7,10,14H,2-4,6H2,1H3,(H,17,18). The SMILES string of the molecule is CC(=O)c1c[nH]c(C(=O)N2CCCC2CC(=O)O)c1. The van der Waals surface area contributed by atoms with E-state index in [9.17, 15) is 14.4 Å². The Hall–Kier alpha value is -2.11. The molecule has 0 spiro atoms.